The highest BCUT2D eigenvalue weighted by molar-refractivity contribution is 5.89. The molecule has 19 heavy (non-hydrogen) atoms. The summed E-state index contributed by atoms with van der Waals surface area (Å²) in [6.07, 6.45) is 3.92. The van der Waals surface area contributed by atoms with Gasteiger partial charge >= 0.3 is 5.97 Å². The van der Waals surface area contributed by atoms with E-state index in [0.717, 1.165) is 5.56 Å². The molecule has 4 nitrogen and oxygen atoms in total. The fourth-order valence-electron chi connectivity index (χ4n) is 1.87. The first-order valence-electron chi connectivity index (χ1n) is 6.29. The van der Waals surface area contributed by atoms with Crippen LogP contribution in [0.5, 0.6) is 0 Å². The van der Waals surface area contributed by atoms with Gasteiger partial charge in [0.05, 0.1) is 25.4 Å². The summed E-state index contributed by atoms with van der Waals surface area (Å²) in [5, 5.41) is 4.33. The van der Waals surface area contributed by atoms with Gasteiger partial charge in [0.15, 0.2) is 0 Å². The van der Waals surface area contributed by atoms with Crippen LogP contribution in [0, 0.1) is 0 Å². The minimum absolute atomic E-state index is 0.315. The minimum atomic E-state index is -0.315. The van der Waals surface area contributed by atoms with Crippen molar-refractivity contribution in [3.8, 4) is 0 Å². The third kappa shape index (κ3) is 3.22. The molecule has 0 spiro atoms. The molecule has 0 radical (unpaired) electrons. The van der Waals surface area contributed by atoms with Crippen molar-refractivity contribution in [3.05, 3.63) is 53.3 Å². The van der Waals surface area contributed by atoms with E-state index in [-0.39, 0.29) is 5.97 Å². The summed E-state index contributed by atoms with van der Waals surface area (Å²) in [5.74, 6) is 0.153. The van der Waals surface area contributed by atoms with E-state index in [1.54, 1.807) is 6.07 Å². The smallest absolute Gasteiger partial charge is 0.337 e. The third-order valence-corrected chi connectivity index (χ3v) is 3.01. The predicted molar refractivity (Wildman–Crippen MR) is 73.2 cm³/mol. The highest BCUT2D eigenvalue weighted by Gasteiger charge is 2.07. The summed E-state index contributed by atoms with van der Waals surface area (Å²) in [6.45, 7) is 4.93. The van der Waals surface area contributed by atoms with Gasteiger partial charge in [-0.05, 0) is 29.2 Å². The van der Waals surface area contributed by atoms with Gasteiger partial charge in [-0.25, -0.2) is 4.79 Å². The lowest BCUT2D eigenvalue weighted by molar-refractivity contribution is 0.0600. The zero-order chi connectivity index (χ0) is 13.8. The second kappa shape index (κ2) is 5.69. The Morgan fingerprint density at radius 2 is 2.21 bits per heavy atom. The van der Waals surface area contributed by atoms with E-state index in [2.05, 4.69) is 18.9 Å². The first-order valence-corrected chi connectivity index (χ1v) is 6.29. The van der Waals surface area contributed by atoms with Crippen LogP contribution in [-0.2, 0) is 11.3 Å². The number of rotatable bonds is 4. The van der Waals surface area contributed by atoms with E-state index in [1.807, 2.05) is 35.3 Å². The molecule has 0 amide bonds. The maximum absolute atomic E-state index is 11.5. The molecule has 0 unspecified atom stereocenters. The van der Waals surface area contributed by atoms with Crippen molar-refractivity contribution < 1.29 is 9.53 Å². The van der Waals surface area contributed by atoms with Crippen molar-refractivity contribution >= 4 is 5.97 Å². The Kier molecular flexibility index (Phi) is 4.00. The number of aromatic nitrogens is 2. The van der Waals surface area contributed by atoms with E-state index in [9.17, 15) is 4.79 Å². The van der Waals surface area contributed by atoms with Gasteiger partial charge in [-0.15, -0.1) is 0 Å². The first-order chi connectivity index (χ1) is 9.10. The number of esters is 1. The summed E-state index contributed by atoms with van der Waals surface area (Å²) < 4.78 is 6.60. The number of nitrogens with zero attached hydrogens (tertiary/aromatic N) is 2. The van der Waals surface area contributed by atoms with E-state index < -0.39 is 0 Å². The second-order valence-corrected chi connectivity index (χ2v) is 4.82. The van der Waals surface area contributed by atoms with Gasteiger partial charge < -0.3 is 4.74 Å². The molecule has 100 valence electrons. The fourth-order valence-corrected chi connectivity index (χ4v) is 1.87. The molecule has 0 bridgehead atoms. The van der Waals surface area contributed by atoms with Gasteiger partial charge in [0, 0.05) is 6.20 Å². The highest BCUT2D eigenvalue weighted by Crippen LogP contribution is 2.14. The van der Waals surface area contributed by atoms with Crippen molar-refractivity contribution in [2.45, 2.75) is 26.3 Å². The molecule has 1 aromatic carbocycles. The quantitative estimate of drug-likeness (QED) is 0.792. The molecule has 0 aliphatic rings. The van der Waals surface area contributed by atoms with E-state index in [0.29, 0.717) is 18.0 Å². The number of hydrogen-bond acceptors (Lipinski definition) is 3. The maximum atomic E-state index is 11.5. The van der Waals surface area contributed by atoms with Crippen molar-refractivity contribution in [3.63, 3.8) is 0 Å². The molecule has 0 aliphatic carbocycles. The summed E-state index contributed by atoms with van der Waals surface area (Å²) in [7, 11) is 1.39. The summed E-state index contributed by atoms with van der Waals surface area (Å²) >= 11 is 0. The molecule has 0 saturated carbocycles. The Labute approximate surface area is 113 Å². The van der Waals surface area contributed by atoms with Crippen LogP contribution in [0.4, 0.5) is 0 Å². The van der Waals surface area contributed by atoms with Crippen LogP contribution in [0.2, 0.25) is 0 Å². The van der Waals surface area contributed by atoms with Crippen molar-refractivity contribution in [1.82, 2.24) is 9.78 Å². The lowest BCUT2D eigenvalue weighted by Gasteiger charge is -2.04. The molecule has 1 aromatic heterocycles. The van der Waals surface area contributed by atoms with Crippen LogP contribution in [0.3, 0.4) is 0 Å². The largest absolute Gasteiger partial charge is 0.465 e. The van der Waals surface area contributed by atoms with Crippen LogP contribution in [0.1, 0.15) is 41.3 Å². The molecule has 0 atom stereocenters. The van der Waals surface area contributed by atoms with Crippen molar-refractivity contribution in [2.75, 3.05) is 7.11 Å². The molecule has 0 fully saturated rings. The fraction of sp³-hybridized carbons (Fsp3) is 0.333. The number of methoxy groups -OCH3 is 1. The minimum Gasteiger partial charge on any atom is -0.465 e. The Bertz CT molecular complexity index is 573. The Morgan fingerprint density at radius 1 is 1.42 bits per heavy atom. The molecule has 2 rings (SSSR count). The topological polar surface area (TPSA) is 44.1 Å². The van der Waals surface area contributed by atoms with Gasteiger partial charge in [0.1, 0.15) is 0 Å². The van der Waals surface area contributed by atoms with Gasteiger partial charge in [-0.2, -0.15) is 5.10 Å². The first kappa shape index (κ1) is 13.3. The zero-order valence-electron chi connectivity index (χ0n) is 11.5. The summed E-state index contributed by atoms with van der Waals surface area (Å²) in [5.41, 5.74) is 2.81. The van der Waals surface area contributed by atoms with Crippen molar-refractivity contribution in [2.24, 2.45) is 0 Å². The van der Waals surface area contributed by atoms with Gasteiger partial charge in [0.25, 0.3) is 0 Å². The normalized spacial score (nSPS) is 10.7. The molecule has 0 aliphatic heterocycles. The highest BCUT2D eigenvalue weighted by atomic mass is 16.5. The lowest BCUT2D eigenvalue weighted by Crippen LogP contribution is -2.04. The average Bonchev–Trinajstić information content (AvgIpc) is 2.87. The van der Waals surface area contributed by atoms with Crippen LogP contribution >= 0.6 is 0 Å². The van der Waals surface area contributed by atoms with Crippen LogP contribution < -0.4 is 0 Å². The Balaban J connectivity index is 2.16. The number of benzene rings is 1. The number of ether oxygens (including phenoxy) is 1. The van der Waals surface area contributed by atoms with Gasteiger partial charge in [-0.1, -0.05) is 26.0 Å². The van der Waals surface area contributed by atoms with Crippen LogP contribution in [0.15, 0.2) is 36.7 Å². The zero-order valence-corrected chi connectivity index (χ0v) is 11.5. The van der Waals surface area contributed by atoms with Crippen LogP contribution in [0.25, 0.3) is 0 Å². The number of carbonyl (C=O) groups is 1. The molecule has 2 aromatic rings. The number of carbonyl (C=O) groups excluding carboxylic acids is 1. The molecule has 4 heteroatoms. The van der Waals surface area contributed by atoms with Gasteiger partial charge in [-0.3, -0.25) is 4.68 Å². The Hall–Kier alpha value is -2.10. The van der Waals surface area contributed by atoms with E-state index >= 15 is 0 Å². The average molecular weight is 258 g/mol. The second-order valence-electron chi connectivity index (χ2n) is 4.82. The molecule has 0 saturated heterocycles. The standard InChI is InChI=1S/C15H18N2O2/c1-11(2)14-8-16-17(10-14)9-12-5-4-6-13(7-12)15(18)19-3/h4-8,10-11H,9H2,1-3H3. The SMILES string of the molecule is COC(=O)c1cccc(Cn2cc(C(C)C)cn2)c1. The predicted octanol–water partition coefficient (Wildman–Crippen LogP) is 2.84. The summed E-state index contributed by atoms with van der Waals surface area (Å²) in [6, 6.07) is 7.41. The Morgan fingerprint density at radius 3 is 2.84 bits per heavy atom. The molecule has 0 N–H and O–H groups in total. The van der Waals surface area contributed by atoms with Crippen LogP contribution in [-0.4, -0.2) is 22.9 Å². The molecular formula is C15H18N2O2. The van der Waals surface area contributed by atoms with E-state index in [1.165, 1.54) is 12.7 Å². The lowest BCUT2D eigenvalue weighted by atomic mass is 10.1. The monoisotopic (exact) mass is 258 g/mol. The molecule has 1 heterocycles. The van der Waals surface area contributed by atoms with E-state index in [4.69, 9.17) is 4.74 Å². The third-order valence-electron chi connectivity index (χ3n) is 3.01. The van der Waals surface area contributed by atoms with Gasteiger partial charge in [0.2, 0.25) is 0 Å². The maximum Gasteiger partial charge on any atom is 0.337 e. The van der Waals surface area contributed by atoms with Crippen molar-refractivity contribution in [1.29, 1.82) is 0 Å². The number of hydrogen-bond donors (Lipinski definition) is 0. The summed E-state index contributed by atoms with van der Waals surface area (Å²) in [4.78, 5) is 11.5. The molecular weight excluding hydrogens is 240 g/mol.